The van der Waals surface area contributed by atoms with Gasteiger partial charge in [0.1, 0.15) is 5.54 Å². The summed E-state index contributed by atoms with van der Waals surface area (Å²) in [6.07, 6.45) is 2.92. The van der Waals surface area contributed by atoms with Crippen LogP contribution in [-0.2, 0) is 16.0 Å². The van der Waals surface area contributed by atoms with Crippen LogP contribution < -0.4 is 10.7 Å². The van der Waals surface area contributed by atoms with Crippen molar-refractivity contribution >= 4 is 41.0 Å². The van der Waals surface area contributed by atoms with E-state index in [1.54, 1.807) is 18.2 Å². The molecule has 0 atom stereocenters. The van der Waals surface area contributed by atoms with Gasteiger partial charge in [0, 0.05) is 0 Å². The number of imide groups is 1. The molecule has 2 N–H and O–H groups in total. The van der Waals surface area contributed by atoms with Crippen LogP contribution in [0, 0.1) is 5.92 Å². The number of benzene rings is 1. The lowest BCUT2D eigenvalue weighted by atomic mass is 9.77. The van der Waals surface area contributed by atoms with Crippen LogP contribution in [0.3, 0.4) is 0 Å². The van der Waals surface area contributed by atoms with Crippen LogP contribution in [0.2, 0.25) is 10.0 Å². The molecule has 0 aromatic heterocycles. The average molecular weight is 384 g/mol. The number of amides is 4. The Hall–Kier alpha value is -1.79. The zero-order valence-electron chi connectivity index (χ0n) is 13.8. The second-order valence-electron chi connectivity index (χ2n) is 6.80. The molecule has 0 bridgehead atoms. The van der Waals surface area contributed by atoms with Gasteiger partial charge in [0.2, 0.25) is 5.91 Å². The minimum Gasteiger partial charge on any atom is -0.322 e. The van der Waals surface area contributed by atoms with Gasteiger partial charge < -0.3 is 5.32 Å². The molecule has 2 fully saturated rings. The van der Waals surface area contributed by atoms with Crippen molar-refractivity contribution in [2.24, 2.45) is 5.92 Å². The SMILES string of the molecule is CC1CCC2(CC1)NC(=O)N(NC(=O)Cc1ccc(Cl)c(Cl)c1)C2=O. The van der Waals surface area contributed by atoms with Crippen LogP contribution in [-0.4, -0.2) is 28.4 Å². The maximum atomic E-state index is 12.7. The molecule has 0 radical (unpaired) electrons. The number of halogens is 2. The number of nitrogens with zero attached hydrogens (tertiary/aromatic N) is 1. The summed E-state index contributed by atoms with van der Waals surface area (Å²) in [6.45, 7) is 2.13. The highest BCUT2D eigenvalue weighted by molar-refractivity contribution is 6.42. The molecule has 1 saturated heterocycles. The van der Waals surface area contributed by atoms with E-state index in [1.165, 1.54) is 0 Å². The van der Waals surface area contributed by atoms with E-state index in [4.69, 9.17) is 23.2 Å². The van der Waals surface area contributed by atoms with E-state index < -0.39 is 17.5 Å². The molecule has 1 aliphatic heterocycles. The fourth-order valence-electron chi connectivity index (χ4n) is 3.31. The first kappa shape index (κ1) is 18.0. The first-order valence-corrected chi connectivity index (χ1v) is 8.96. The molecular weight excluding hydrogens is 365 g/mol. The Labute approximate surface area is 155 Å². The highest BCUT2D eigenvalue weighted by Gasteiger charge is 2.52. The topological polar surface area (TPSA) is 78.5 Å². The van der Waals surface area contributed by atoms with Crippen molar-refractivity contribution in [1.29, 1.82) is 0 Å². The van der Waals surface area contributed by atoms with Gasteiger partial charge in [-0.1, -0.05) is 36.2 Å². The quantitative estimate of drug-likeness (QED) is 0.787. The fraction of sp³-hybridized carbons (Fsp3) is 0.471. The summed E-state index contributed by atoms with van der Waals surface area (Å²) in [6, 6.07) is 4.27. The van der Waals surface area contributed by atoms with Crippen molar-refractivity contribution < 1.29 is 14.4 Å². The predicted octanol–water partition coefficient (Wildman–Crippen LogP) is 3.07. The van der Waals surface area contributed by atoms with Crippen LogP contribution in [0.25, 0.3) is 0 Å². The second-order valence-corrected chi connectivity index (χ2v) is 7.61. The molecule has 2 aliphatic rings. The number of hydrogen-bond donors (Lipinski definition) is 2. The molecule has 1 aliphatic carbocycles. The molecule has 1 saturated carbocycles. The van der Waals surface area contributed by atoms with Crippen LogP contribution in [0.15, 0.2) is 18.2 Å². The van der Waals surface area contributed by atoms with Crippen LogP contribution >= 0.6 is 23.2 Å². The van der Waals surface area contributed by atoms with E-state index in [2.05, 4.69) is 17.7 Å². The molecule has 25 heavy (non-hydrogen) atoms. The van der Waals surface area contributed by atoms with E-state index >= 15 is 0 Å². The van der Waals surface area contributed by atoms with Crippen LogP contribution in [0.1, 0.15) is 38.2 Å². The van der Waals surface area contributed by atoms with Gasteiger partial charge in [0.05, 0.1) is 16.5 Å². The molecule has 6 nitrogen and oxygen atoms in total. The number of rotatable bonds is 3. The Kier molecular flexibility index (Phi) is 4.93. The number of hydrazine groups is 1. The molecular formula is C17H19Cl2N3O3. The standard InChI is InChI=1S/C17H19Cl2N3O3/c1-10-4-6-17(7-5-10)15(24)22(16(25)20-17)21-14(23)9-11-2-3-12(18)13(19)8-11/h2-3,8,10H,4-7,9H2,1H3,(H,20,25)(H,21,23). The Morgan fingerprint density at radius 1 is 1.28 bits per heavy atom. The first-order chi connectivity index (χ1) is 11.8. The van der Waals surface area contributed by atoms with Gasteiger partial charge in [0.25, 0.3) is 5.91 Å². The number of hydrogen-bond acceptors (Lipinski definition) is 3. The summed E-state index contributed by atoms with van der Waals surface area (Å²) in [5.41, 5.74) is 2.16. The lowest BCUT2D eigenvalue weighted by molar-refractivity contribution is -0.139. The van der Waals surface area contributed by atoms with Gasteiger partial charge in [-0.3, -0.25) is 15.0 Å². The molecule has 4 amide bonds. The highest BCUT2D eigenvalue weighted by Crippen LogP contribution is 2.35. The molecule has 0 unspecified atom stereocenters. The van der Waals surface area contributed by atoms with E-state index in [-0.39, 0.29) is 12.3 Å². The number of carbonyl (C=O) groups is 3. The molecule has 1 heterocycles. The number of urea groups is 1. The van der Waals surface area contributed by atoms with Gasteiger partial charge in [-0.05, 0) is 49.3 Å². The Balaban J connectivity index is 1.66. The predicted molar refractivity (Wildman–Crippen MR) is 94.0 cm³/mol. The Morgan fingerprint density at radius 3 is 2.60 bits per heavy atom. The first-order valence-electron chi connectivity index (χ1n) is 8.21. The summed E-state index contributed by atoms with van der Waals surface area (Å²) in [5.74, 6) is -0.316. The van der Waals surface area contributed by atoms with E-state index in [9.17, 15) is 14.4 Å². The lowest BCUT2D eigenvalue weighted by Gasteiger charge is -2.33. The second kappa shape index (κ2) is 6.84. The van der Waals surface area contributed by atoms with E-state index in [1.807, 2.05) is 0 Å². The number of nitrogens with one attached hydrogen (secondary N) is 2. The highest BCUT2D eigenvalue weighted by atomic mass is 35.5. The molecule has 134 valence electrons. The molecule has 1 spiro atoms. The summed E-state index contributed by atoms with van der Waals surface area (Å²) in [5, 5.41) is 4.30. The van der Waals surface area contributed by atoms with Gasteiger partial charge in [-0.15, -0.1) is 0 Å². The van der Waals surface area contributed by atoms with E-state index in [0.717, 1.165) is 17.9 Å². The monoisotopic (exact) mass is 383 g/mol. The molecule has 1 aromatic rings. The van der Waals surface area contributed by atoms with Crippen molar-refractivity contribution in [3.05, 3.63) is 33.8 Å². The summed E-state index contributed by atoms with van der Waals surface area (Å²) < 4.78 is 0. The molecule has 8 heteroatoms. The van der Waals surface area contributed by atoms with Gasteiger partial charge in [0.15, 0.2) is 0 Å². The smallest absolute Gasteiger partial charge is 0.322 e. The third-order valence-corrected chi connectivity index (χ3v) is 5.61. The molecule has 1 aromatic carbocycles. The molecule has 3 rings (SSSR count). The van der Waals surface area contributed by atoms with Crippen molar-refractivity contribution in [2.45, 2.75) is 44.6 Å². The van der Waals surface area contributed by atoms with Crippen molar-refractivity contribution in [3.63, 3.8) is 0 Å². The zero-order valence-corrected chi connectivity index (χ0v) is 15.3. The third-order valence-electron chi connectivity index (χ3n) is 4.87. The van der Waals surface area contributed by atoms with E-state index in [0.29, 0.717) is 34.4 Å². The van der Waals surface area contributed by atoms with Gasteiger partial charge in [-0.2, -0.15) is 5.01 Å². The van der Waals surface area contributed by atoms with Gasteiger partial charge in [-0.25, -0.2) is 4.79 Å². The normalized spacial score (nSPS) is 26.0. The summed E-state index contributed by atoms with van der Waals surface area (Å²) >= 11 is 11.8. The fourth-order valence-corrected chi connectivity index (χ4v) is 3.64. The largest absolute Gasteiger partial charge is 0.344 e. The minimum atomic E-state index is -0.875. The average Bonchev–Trinajstić information content (AvgIpc) is 2.78. The Morgan fingerprint density at radius 2 is 1.96 bits per heavy atom. The summed E-state index contributed by atoms with van der Waals surface area (Å²) in [4.78, 5) is 37.1. The van der Waals surface area contributed by atoms with Crippen LogP contribution in [0.4, 0.5) is 4.79 Å². The Bertz CT molecular complexity index is 730. The lowest BCUT2D eigenvalue weighted by Crippen LogP contribution is -2.51. The maximum absolute atomic E-state index is 12.7. The van der Waals surface area contributed by atoms with Crippen molar-refractivity contribution in [1.82, 2.24) is 15.8 Å². The van der Waals surface area contributed by atoms with Gasteiger partial charge >= 0.3 is 6.03 Å². The minimum absolute atomic E-state index is 0.0159. The maximum Gasteiger partial charge on any atom is 0.344 e. The van der Waals surface area contributed by atoms with Crippen molar-refractivity contribution in [2.75, 3.05) is 0 Å². The summed E-state index contributed by atoms with van der Waals surface area (Å²) in [7, 11) is 0. The zero-order chi connectivity index (χ0) is 18.2. The third kappa shape index (κ3) is 3.60. The van der Waals surface area contributed by atoms with Crippen molar-refractivity contribution in [3.8, 4) is 0 Å². The number of carbonyl (C=O) groups excluding carboxylic acids is 3. The van der Waals surface area contributed by atoms with Crippen LogP contribution in [0.5, 0.6) is 0 Å².